The van der Waals surface area contributed by atoms with Crippen molar-refractivity contribution < 1.29 is 14.0 Å². The molecule has 0 bridgehead atoms. The number of fused-ring (bicyclic) bond motifs is 2. The second-order valence-electron chi connectivity index (χ2n) is 9.86. The van der Waals surface area contributed by atoms with Crippen LogP contribution in [0, 0.1) is 11.7 Å². The molecule has 37 heavy (non-hydrogen) atoms. The van der Waals surface area contributed by atoms with Gasteiger partial charge in [0.15, 0.2) is 0 Å². The number of carbonyl (C=O) groups is 2. The van der Waals surface area contributed by atoms with Gasteiger partial charge >= 0.3 is 0 Å². The van der Waals surface area contributed by atoms with Crippen LogP contribution in [0.4, 0.5) is 10.1 Å². The molecule has 186 valence electrons. The van der Waals surface area contributed by atoms with Crippen LogP contribution < -0.4 is 10.6 Å². The van der Waals surface area contributed by atoms with Gasteiger partial charge in [-0.05, 0) is 66.8 Å². The molecule has 6 nitrogen and oxygen atoms in total. The third-order valence-electron chi connectivity index (χ3n) is 7.15. The Bertz CT molecular complexity index is 1680. The molecule has 1 fully saturated rings. The zero-order valence-electron chi connectivity index (χ0n) is 20.6. The molecule has 7 heteroatoms. The van der Waals surface area contributed by atoms with E-state index in [1.807, 2.05) is 61.3 Å². The number of rotatable bonds is 6. The Labute approximate surface area is 213 Å². The third kappa shape index (κ3) is 4.37. The van der Waals surface area contributed by atoms with Gasteiger partial charge in [0.2, 0.25) is 5.91 Å². The largest absolute Gasteiger partial charge is 0.359 e. The second-order valence-corrected chi connectivity index (χ2v) is 9.86. The highest BCUT2D eigenvalue weighted by molar-refractivity contribution is 6.08. The van der Waals surface area contributed by atoms with Gasteiger partial charge in [-0.15, -0.1) is 0 Å². The maximum atomic E-state index is 13.7. The van der Waals surface area contributed by atoms with Crippen LogP contribution >= 0.6 is 0 Å². The van der Waals surface area contributed by atoms with E-state index in [1.54, 1.807) is 12.1 Å². The normalized spacial score (nSPS) is 14.1. The van der Waals surface area contributed by atoms with Crippen LogP contribution in [-0.4, -0.2) is 21.4 Å². The lowest BCUT2D eigenvalue weighted by Crippen LogP contribution is -2.26. The number of aryl methyl sites for hydroxylation is 1. The lowest BCUT2D eigenvalue weighted by Gasteiger charge is -2.14. The first-order valence-electron chi connectivity index (χ1n) is 12.4. The SMILES string of the molecule is C[C@H](NC(=O)c1cn(C)c2ccc(-c3ccc4c(NC(=O)C5CC5)c[nH]c4c3)cc12)c1cccc(F)c1. The quantitative estimate of drug-likeness (QED) is 0.259. The first kappa shape index (κ1) is 23.0. The van der Waals surface area contributed by atoms with E-state index in [2.05, 4.69) is 21.7 Å². The number of nitrogens with zero attached hydrogens (tertiary/aromatic N) is 1. The standard InChI is InChI=1S/C30H27FN4O2/c1-17(19-4-3-5-22(31)12-19)33-30(37)25-16-35(2)28-11-9-20(13-24(25)28)21-8-10-23-26(14-21)32-15-27(23)34-29(36)18-6-7-18/h3-5,8-18,32H,6-7H2,1-2H3,(H,33,37)(H,34,36)/t17-/m0/s1. The van der Waals surface area contributed by atoms with Gasteiger partial charge in [-0.3, -0.25) is 9.59 Å². The highest BCUT2D eigenvalue weighted by atomic mass is 19.1. The maximum absolute atomic E-state index is 13.7. The molecule has 0 unspecified atom stereocenters. The van der Waals surface area contributed by atoms with E-state index in [4.69, 9.17) is 0 Å². The number of carbonyl (C=O) groups excluding carboxylic acids is 2. The minimum absolute atomic E-state index is 0.0806. The molecule has 2 amide bonds. The summed E-state index contributed by atoms with van der Waals surface area (Å²) in [5.41, 5.74) is 5.92. The Morgan fingerprint density at radius 3 is 2.59 bits per heavy atom. The average molecular weight is 495 g/mol. The fraction of sp³-hybridized carbons (Fsp3) is 0.200. The van der Waals surface area contributed by atoms with Crippen LogP contribution in [0.15, 0.2) is 73.1 Å². The number of aromatic amines is 1. The van der Waals surface area contributed by atoms with E-state index in [1.165, 1.54) is 12.1 Å². The maximum Gasteiger partial charge on any atom is 0.253 e. The Morgan fingerprint density at radius 1 is 1.03 bits per heavy atom. The van der Waals surface area contributed by atoms with Gasteiger partial charge < -0.3 is 20.2 Å². The van der Waals surface area contributed by atoms with Crippen molar-refractivity contribution in [1.29, 1.82) is 0 Å². The van der Waals surface area contributed by atoms with Crippen molar-refractivity contribution in [3.05, 3.63) is 90.0 Å². The average Bonchev–Trinajstić information content (AvgIpc) is 3.60. The first-order chi connectivity index (χ1) is 17.9. The molecule has 1 aliphatic rings. The molecule has 0 saturated heterocycles. The molecule has 3 aromatic carbocycles. The van der Waals surface area contributed by atoms with Gasteiger partial charge in [0.1, 0.15) is 5.82 Å². The molecule has 1 atom stereocenters. The van der Waals surface area contributed by atoms with Crippen molar-refractivity contribution in [2.45, 2.75) is 25.8 Å². The monoisotopic (exact) mass is 494 g/mol. The molecule has 5 aromatic rings. The molecule has 1 saturated carbocycles. The summed E-state index contributed by atoms with van der Waals surface area (Å²) in [6.45, 7) is 1.84. The minimum atomic E-state index is -0.341. The van der Waals surface area contributed by atoms with E-state index in [0.717, 1.165) is 51.5 Å². The van der Waals surface area contributed by atoms with Crippen molar-refractivity contribution in [1.82, 2.24) is 14.9 Å². The number of hydrogen-bond donors (Lipinski definition) is 3. The number of amides is 2. The molecule has 0 aliphatic heterocycles. The smallest absolute Gasteiger partial charge is 0.253 e. The molecule has 0 radical (unpaired) electrons. The van der Waals surface area contributed by atoms with Gasteiger partial charge in [0.25, 0.3) is 5.91 Å². The summed E-state index contributed by atoms with van der Waals surface area (Å²) >= 11 is 0. The topological polar surface area (TPSA) is 78.9 Å². The van der Waals surface area contributed by atoms with Crippen molar-refractivity contribution in [2.24, 2.45) is 13.0 Å². The summed E-state index contributed by atoms with van der Waals surface area (Å²) in [6.07, 6.45) is 5.58. The number of benzene rings is 3. The lowest BCUT2D eigenvalue weighted by atomic mass is 10.0. The Morgan fingerprint density at radius 2 is 1.81 bits per heavy atom. The van der Waals surface area contributed by atoms with Gasteiger partial charge in [0.05, 0.1) is 17.3 Å². The highest BCUT2D eigenvalue weighted by Gasteiger charge is 2.30. The first-order valence-corrected chi connectivity index (χ1v) is 12.4. The van der Waals surface area contributed by atoms with Crippen molar-refractivity contribution in [2.75, 3.05) is 5.32 Å². The molecule has 3 N–H and O–H groups in total. The number of aromatic nitrogens is 2. The minimum Gasteiger partial charge on any atom is -0.359 e. The summed E-state index contributed by atoms with van der Waals surface area (Å²) in [5, 5.41) is 7.83. The lowest BCUT2D eigenvalue weighted by molar-refractivity contribution is -0.117. The molecule has 0 spiro atoms. The molecule has 2 aromatic heterocycles. The summed E-state index contributed by atoms with van der Waals surface area (Å²) in [6, 6.07) is 18.1. The van der Waals surface area contributed by atoms with Gasteiger partial charge in [0, 0.05) is 47.2 Å². The molecular formula is C30H27FN4O2. The van der Waals surface area contributed by atoms with Crippen LogP contribution in [0.5, 0.6) is 0 Å². The van der Waals surface area contributed by atoms with Crippen LogP contribution in [0.3, 0.4) is 0 Å². The van der Waals surface area contributed by atoms with Crippen LogP contribution in [0.1, 0.15) is 41.7 Å². The molecule has 2 heterocycles. The molecule has 6 rings (SSSR count). The number of halogens is 1. The van der Waals surface area contributed by atoms with Crippen LogP contribution in [0.25, 0.3) is 32.9 Å². The van der Waals surface area contributed by atoms with E-state index in [-0.39, 0.29) is 29.6 Å². The van der Waals surface area contributed by atoms with E-state index < -0.39 is 0 Å². The summed E-state index contributed by atoms with van der Waals surface area (Å²) in [5.74, 6) is -0.317. The zero-order valence-corrected chi connectivity index (χ0v) is 20.6. The van der Waals surface area contributed by atoms with E-state index in [9.17, 15) is 14.0 Å². The Hall–Kier alpha value is -4.39. The van der Waals surface area contributed by atoms with E-state index >= 15 is 0 Å². The van der Waals surface area contributed by atoms with E-state index in [0.29, 0.717) is 11.1 Å². The second kappa shape index (κ2) is 8.92. The Kier molecular flexibility index (Phi) is 5.56. The van der Waals surface area contributed by atoms with Crippen LogP contribution in [-0.2, 0) is 11.8 Å². The van der Waals surface area contributed by atoms with Crippen molar-refractivity contribution in [3.8, 4) is 11.1 Å². The fourth-order valence-corrected chi connectivity index (χ4v) is 4.88. The van der Waals surface area contributed by atoms with Crippen molar-refractivity contribution in [3.63, 3.8) is 0 Å². The van der Waals surface area contributed by atoms with Gasteiger partial charge in [-0.25, -0.2) is 4.39 Å². The highest BCUT2D eigenvalue weighted by Crippen LogP contribution is 2.34. The number of H-pyrrole nitrogens is 1. The Balaban J connectivity index is 1.30. The molecular weight excluding hydrogens is 467 g/mol. The van der Waals surface area contributed by atoms with Gasteiger partial charge in [-0.1, -0.05) is 30.3 Å². The predicted molar refractivity (Wildman–Crippen MR) is 144 cm³/mol. The van der Waals surface area contributed by atoms with Crippen LogP contribution in [0.2, 0.25) is 0 Å². The predicted octanol–water partition coefficient (Wildman–Crippen LogP) is 6.31. The number of nitrogens with one attached hydrogen (secondary N) is 3. The summed E-state index contributed by atoms with van der Waals surface area (Å²) in [4.78, 5) is 28.7. The summed E-state index contributed by atoms with van der Waals surface area (Å²) < 4.78 is 15.6. The van der Waals surface area contributed by atoms with Crippen molar-refractivity contribution >= 4 is 39.3 Å². The van der Waals surface area contributed by atoms with Gasteiger partial charge in [-0.2, -0.15) is 0 Å². The number of anilines is 1. The third-order valence-corrected chi connectivity index (χ3v) is 7.15. The summed E-state index contributed by atoms with van der Waals surface area (Å²) in [7, 11) is 1.91. The fourth-order valence-electron chi connectivity index (χ4n) is 4.88. The number of hydrogen-bond acceptors (Lipinski definition) is 2. The zero-order chi connectivity index (χ0) is 25.7. The molecule has 1 aliphatic carbocycles.